The van der Waals surface area contributed by atoms with Gasteiger partial charge in [-0.05, 0) is 23.3 Å². The predicted octanol–water partition coefficient (Wildman–Crippen LogP) is 3.33. The lowest BCUT2D eigenvalue weighted by Gasteiger charge is -2.34. The van der Waals surface area contributed by atoms with Crippen molar-refractivity contribution in [1.29, 1.82) is 0 Å². The maximum absolute atomic E-state index is 13.2. The van der Waals surface area contributed by atoms with E-state index in [0.717, 1.165) is 43.9 Å². The van der Waals surface area contributed by atoms with Crippen LogP contribution in [-0.4, -0.2) is 111 Å². The first-order valence-electron chi connectivity index (χ1n) is 13.9. The number of nitrogens with zero attached hydrogens (tertiary/aromatic N) is 2. The lowest BCUT2D eigenvalue weighted by atomic mass is 9.99. The third kappa shape index (κ3) is 18.5. The van der Waals surface area contributed by atoms with E-state index in [4.69, 9.17) is 30.3 Å². The molecule has 1 fully saturated rings. The molecule has 0 bridgehead atoms. The molecule has 0 radical (unpaired) electrons. The Morgan fingerprint density at radius 2 is 1.13 bits per heavy atom. The molecular formula is C31H35F3N2O11. The molecule has 2 aromatic carbocycles. The van der Waals surface area contributed by atoms with Crippen LogP contribution in [0.2, 0.25) is 0 Å². The van der Waals surface area contributed by atoms with E-state index in [9.17, 15) is 37.1 Å². The summed E-state index contributed by atoms with van der Waals surface area (Å²) < 4.78 is 45.6. The predicted molar refractivity (Wildman–Crippen MR) is 160 cm³/mol. The van der Waals surface area contributed by atoms with Crippen LogP contribution in [0.5, 0.6) is 0 Å². The van der Waals surface area contributed by atoms with Crippen LogP contribution in [0.3, 0.4) is 0 Å². The Kier molecular flexibility index (Phi) is 17.7. The van der Waals surface area contributed by atoms with Crippen LogP contribution in [-0.2, 0) is 34.9 Å². The standard InChI is InChI=1S/C23H27F3N2O3.2C4H4O4/c24-23(25,26)20-8-4-7-19(17-20)22(18-5-2-1-3-6-18)31-16-15-28-13-11-27(12-14-28)10-9-21(29)30;2*5-3(6)1-2-4(7)8/h1-8,17,22H,9-16H2,(H,29,30);2*1-2H,(H,5,6)(H,7,8)/b;2*2-1+. The van der Waals surface area contributed by atoms with Gasteiger partial charge in [0.1, 0.15) is 6.10 Å². The topological polar surface area (TPSA) is 202 Å². The highest BCUT2D eigenvalue weighted by Crippen LogP contribution is 2.33. The molecule has 1 unspecified atom stereocenters. The van der Waals surface area contributed by atoms with Crippen molar-refractivity contribution < 1.29 is 67.4 Å². The van der Waals surface area contributed by atoms with Gasteiger partial charge in [-0.1, -0.05) is 42.5 Å². The Bertz CT molecular complexity index is 1310. The fraction of sp³-hybridized carbons (Fsp3) is 0.323. The van der Waals surface area contributed by atoms with E-state index < -0.39 is 47.7 Å². The number of aliphatic carboxylic acids is 5. The van der Waals surface area contributed by atoms with Crippen molar-refractivity contribution >= 4 is 29.8 Å². The number of ether oxygens (including phenoxy) is 1. The van der Waals surface area contributed by atoms with E-state index in [1.165, 1.54) is 6.07 Å². The number of hydrogen-bond donors (Lipinski definition) is 5. The number of carboxylic acids is 5. The number of carbonyl (C=O) groups is 5. The third-order valence-corrected chi connectivity index (χ3v) is 6.15. The summed E-state index contributed by atoms with van der Waals surface area (Å²) in [7, 11) is 0. The molecule has 13 nitrogen and oxygen atoms in total. The molecule has 1 atom stereocenters. The SMILES string of the molecule is O=C(O)/C=C/C(=O)O.O=C(O)/C=C/C(=O)O.O=C(O)CCN1CCN(CCOC(c2ccccc2)c2cccc(C(F)(F)F)c2)CC1. The second kappa shape index (κ2) is 20.9. The molecule has 16 heteroatoms. The van der Waals surface area contributed by atoms with Crippen molar-refractivity contribution in [2.24, 2.45) is 0 Å². The van der Waals surface area contributed by atoms with Crippen molar-refractivity contribution in [3.63, 3.8) is 0 Å². The molecule has 1 saturated heterocycles. The zero-order valence-electron chi connectivity index (χ0n) is 25.0. The second-order valence-corrected chi connectivity index (χ2v) is 9.63. The smallest absolute Gasteiger partial charge is 0.416 e. The minimum Gasteiger partial charge on any atom is -0.481 e. The first-order chi connectivity index (χ1) is 22.1. The van der Waals surface area contributed by atoms with Crippen molar-refractivity contribution in [3.8, 4) is 0 Å². The van der Waals surface area contributed by atoms with Crippen molar-refractivity contribution in [1.82, 2.24) is 9.80 Å². The van der Waals surface area contributed by atoms with E-state index in [1.807, 2.05) is 30.3 Å². The molecule has 256 valence electrons. The number of alkyl halides is 3. The first-order valence-corrected chi connectivity index (χ1v) is 13.9. The summed E-state index contributed by atoms with van der Waals surface area (Å²) in [4.78, 5) is 53.3. The van der Waals surface area contributed by atoms with Crippen molar-refractivity contribution in [3.05, 3.63) is 95.6 Å². The molecular weight excluding hydrogens is 633 g/mol. The summed E-state index contributed by atoms with van der Waals surface area (Å²) in [5.41, 5.74) is 0.590. The normalized spacial score (nSPS) is 14.4. The van der Waals surface area contributed by atoms with Gasteiger partial charge >= 0.3 is 36.0 Å². The molecule has 1 heterocycles. The summed E-state index contributed by atoms with van der Waals surface area (Å²) in [5, 5.41) is 40.0. The average Bonchev–Trinajstić information content (AvgIpc) is 3.01. The van der Waals surface area contributed by atoms with Gasteiger partial charge in [0.15, 0.2) is 0 Å². The van der Waals surface area contributed by atoms with Gasteiger partial charge in [-0.2, -0.15) is 13.2 Å². The average molecular weight is 669 g/mol. The number of halogens is 3. The minimum atomic E-state index is -4.41. The second-order valence-electron chi connectivity index (χ2n) is 9.63. The fourth-order valence-electron chi connectivity index (χ4n) is 3.97. The summed E-state index contributed by atoms with van der Waals surface area (Å²) in [5.74, 6) is -5.82. The van der Waals surface area contributed by atoms with Gasteiger partial charge < -0.3 is 35.2 Å². The molecule has 0 saturated carbocycles. The summed E-state index contributed by atoms with van der Waals surface area (Å²) in [6.07, 6.45) is -2.62. The first kappa shape index (κ1) is 40.0. The highest BCUT2D eigenvalue weighted by molar-refractivity contribution is 5.90. The Hall–Kier alpha value is -5.06. The van der Waals surface area contributed by atoms with Crippen LogP contribution in [0.25, 0.3) is 0 Å². The molecule has 0 aliphatic carbocycles. The van der Waals surface area contributed by atoms with Crippen LogP contribution >= 0.6 is 0 Å². The van der Waals surface area contributed by atoms with E-state index in [1.54, 1.807) is 6.07 Å². The van der Waals surface area contributed by atoms with Crippen LogP contribution in [0.15, 0.2) is 78.9 Å². The summed E-state index contributed by atoms with van der Waals surface area (Å²) in [6.45, 7) is 4.79. The largest absolute Gasteiger partial charge is 0.481 e. The number of piperazine rings is 1. The molecule has 0 amide bonds. The molecule has 2 aromatic rings. The number of rotatable bonds is 13. The molecule has 1 aliphatic heterocycles. The van der Waals surface area contributed by atoms with Crippen LogP contribution < -0.4 is 0 Å². The molecule has 1 aliphatic rings. The van der Waals surface area contributed by atoms with Crippen molar-refractivity contribution in [2.45, 2.75) is 18.7 Å². The van der Waals surface area contributed by atoms with Crippen LogP contribution in [0.1, 0.15) is 29.2 Å². The van der Waals surface area contributed by atoms with E-state index in [2.05, 4.69) is 9.80 Å². The van der Waals surface area contributed by atoms with Gasteiger partial charge in [0, 0.05) is 63.6 Å². The van der Waals surface area contributed by atoms with Gasteiger partial charge in [-0.3, -0.25) is 9.69 Å². The fourth-order valence-corrected chi connectivity index (χ4v) is 3.97. The summed E-state index contributed by atoms with van der Waals surface area (Å²) >= 11 is 0. The zero-order valence-corrected chi connectivity index (χ0v) is 25.0. The number of hydrogen-bond acceptors (Lipinski definition) is 8. The number of carboxylic acid groups (broad SMARTS) is 5. The Labute approximate surface area is 267 Å². The van der Waals surface area contributed by atoms with Gasteiger partial charge in [-0.25, -0.2) is 19.2 Å². The Morgan fingerprint density at radius 1 is 0.681 bits per heavy atom. The lowest BCUT2D eigenvalue weighted by Crippen LogP contribution is -2.47. The Balaban J connectivity index is 0.000000569. The number of benzene rings is 2. The minimum absolute atomic E-state index is 0.138. The van der Waals surface area contributed by atoms with E-state index >= 15 is 0 Å². The lowest BCUT2D eigenvalue weighted by molar-refractivity contribution is -0.138. The third-order valence-electron chi connectivity index (χ3n) is 6.15. The Morgan fingerprint density at radius 3 is 1.55 bits per heavy atom. The van der Waals surface area contributed by atoms with Crippen LogP contribution in [0.4, 0.5) is 13.2 Å². The van der Waals surface area contributed by atoms with E-state index in [-0.39, 0.29) is 6.42 Å². The summed E-state index contributed by atoms with van der Waals surface area (Å²) in [6, 6.07) is 14.5. The molecule has 5 N–H and O–H groups in total. The van der Waals surface area contributed by atoms with Crippen molar-refractivity contribution in [2.75, 3.05) is 45.9 Å². The highest BCUT2D eigenvalue weighted by Gasteiger charge is 2.31. The van der Waals surface area contributed by atoms with Gasteiger partial charge in [0.2, 0.25) is 0 Å². The maximum atomic E-state index is 13.2. The van der Waals surface area contributed by atoms with Crippen LogP contribution in [0, 0.1) is 0 Å². The molecule has 47 heavy (non-hydrogen) atoms. The van der Waals surface area contributed by atoms with Gasteiger partial charge in [0.25, 0.3) is 0 Å². The molecule has 3 rings (SSSR count). The quantitative estimate of drug-likeness (QED) is 0.195. The van der Waals surface area contributed by atoms with Gasteiger partial charge in [-0.15, -0.1) is 0 Å². The van der Waals surface area contributed by atoms with Gasteiger partial charge in [0.05, 0.1) is 18.6 Å². The highest BCUT2D eigenvalue weighted by atomic mass is 19.4. The molecule has 0 spiro atoms. The zero-order chi connectivity index (χ0) is 35.4. The monoisotopic (exact) mass is 668 g/mol. The van der Waals surface area contributed by atoms with E-state index in [0.29, 0.717) is 49.6 Å². The maximum Gasteiger partial charge on any atom is 0.416 e. The molecule has 0 aromatic heterocycles.